The molecule has 1 aliphatic rings. The monoisotopic (exact) mass is 377 g/mol. The van der Waals surface area contributed by atoms with E-state index in [1.54, 1.807) is 6.20 Å². The van der Waals surface area contributed by atoms with Gasteiger partial charge in [-0.2, -0.15) is 0 Å². The lowest BCUT2D eigenvalue weighted by Crippen LogP contribution is -2.31. The molecule has 0 spiro atoms. The SMILES string of the molecule is CCCN1C(=S)N[C@H](c2ccccn2)[C@H]1c1cccn1Cc1cccnc1. The molecule has 1 N–H and O–H groups in total. The number of pyridine rings is 2. The van der Waals surface area contributed by atoms with Crippen LogP contribution in [0.15, 0.2) is 67.3 Å². The lowest BCUT2D eigenvalue weighted by atomic mass is 10.0. The molecule has 27 heavy (non-hydrogen) atoms. The first kappa shape index (κ1) is 17.7. The molecule has 2 atom stereocenters. The molecule has 0 radical (unpaired) electrons. The smallest absolute Gasteiger partial charge is 0.170 e. The summed E-state index contributed by atoms with van der Waals surface area (Å²) in [7, 11) is 0. The van der Waals surface area contributed by atoms with Crippen LogP contribution in [-0.2, 0) is 6.54 Å². The van der Waals surface area contributed by atoms with E-state index in [9.17, 15) is 0 Å². The molecule has 0 saturated carbocycles. The van der Waals surface area contributed by atoms with Crippen molar-refractivity contribution in [1.82, 2.24) is 24.8 Å². The van der Waals surface area contributed by atoms with Crippen LogP contribution in [0.4, 0.5) is 0 Å². The highest BCUT2D eigenvalue weighted by atomic mass is 32.1. The van der Waals surface area contributed by atoms with E-state index in [1.807, 2.05) is 30.6 Å². The van der Waals surface area contributed by atoms with Gasteiger partial charge in [0.1, 0.15) is 0 Å². The van der Waals surface area contributed by atoms with Crippen LogP contribution in [0.3, 0.4) is 0 Å². The van der Waals surface area contributed by atoms with Crippen molar-refractivity contribution in [1.29, 1.82) is 0 Å². The topological polar surface area (TPSA) is 46.0 Å². The summed E-state index contributed by atoms with van der Waals surface area (Å²) in [5.41, 5.74) is 3.42. The van der Waals surface area contributed by atoms with E-state index in [-0.39, 0.29) is 12.1 Å². The van der Waals surface area contributed by atoms with Crippen molar-refractivity contribution >= 4 is 17.3 Å². The number of hydrogen-bond donors (Lipinski definition) is 1. The zero-order valence-corrected chi connectivity index (χ0v) is 16.1. The van der Waals surface area contributed by atoms with Crippen molar-refractivity contribution in [2.45, 2.75) is 32.0 Å². The number of aromatic nitrogens is 3. The lowest BCUT2D eigenvalue weighted by molar-refractivity contribution is 0.304. The molecule has 5 nitrogen and oxygen atoms in total. The maximum atomic E-state index is 5.67. The Morgan fingerprint density at radius 2 is 2.04 bits per heavy atom. The van der Waals surface area contributed by atoms with Gasteiger partial charge in [0.25, 0.3) is 0 Å². The van der Waals surface area contributed by atoms with Crippen LogP contribution in [0.5, 0.6) is 0 Å². The Hall–Kier alpha value is -2.73. The van der Waals surface area contributed by atoms with Gasteiger partial charge in [0.2, 0.25) is 0 Å². The van der Waals surface area contributed by atoms with Crippen LogP contribution >= 0.6 is 12.2 Å². The zero-order valence-electron chi connectivity index (χ0n) is 15.3. The van der Waals surface area contributed by atoms with Crippen molar-refractivity contribution in [3.8, 4) is 0 Å². The molecule has 4 rings (SSSR count). The summed E-state index contributed by atoms with van der Waals surface area (Å²) in [4.78, 5) is 11.1. The minimum Gasteiger partial charge on any atom is -0.352 e. The van der Waals surface area contributed by atoms with Gasteiger partial charge in [-0.05, 0) is 54.5 Å². The summed E-state index contributed by atoms with van der Waals surface area (Å²) >= 11 is 5.67. The van der Waals surface area contributed by atoms with Gasteiger partial charge in [-0.25, -0.2) is 0 Å². The fourth-order valence-corrected chi connectivity index (χ4v) is 4.07. The molecule has 3 aromatic rings. The first-order chi connectivity index (χ1) is 13.3. The Labute approximate surface area is 165 Å². The third kappa shape index (κ3) is 3.57. The second-order valence-electron chi connectivity index (χ2n) is 6.74. The van der Waals surface area contributed by atoms with Crippen LogP contribution in [-0.4, -0.2) is 31.1 Å². The first-order valence-corrected chi connectivity index (χ1v) is 9.70. The largest absolute Gasteiger partial charge is 0.352 e. The molecule has 6 heteroatoms. The molecule has 0 amide bonds. The van der Waals surface area contributed by atoms with E-state index in [2.05, 4.69) is 62.1 Å². The number of hydrogen-bond acceptors (Lipinski definition) is 3. The second-order valence-corrected chi connectivity index (χ2v) is 7.13. The van der Waals surface area contributed by atoms with E-state index >= 15 is 0 Å². The highest BCUT2D eigenvalue weighted by Gasteiger charge is 2.40. The van der Waals surface area contributed by atoms with Crippen molar-refractivity contribution in [2.75, 3.05) is 6.54 Å². The first-order valence-electron chi connectivity index (χ1n) is 9.30. The molecular formula is C21H23N5S. The molecule has 138 valence electrons. The van der Waals surface area contributed by atoms with Crippen molar-refractivity contribution < 1.29 is 0 Å². The van der Waals surface area contributed by atoms with E-state index in [1.165, 1.54) is 11.3 Å². The second kappa shape index (κ2) is 7.88. The minimum atomic E-state index is 0.0350. The normalized spacial score (nSPS) is 19.3. The Balaban J connectivity index is 1.72. The van der Waals surface area contributed by atoms with E-state index in [4.69, 9.17) is 12.2 Å². The molecular weight excluding hydrogens is 354 g/mol. The summed E-state index contributed by atoms with van der Waals surface area (Å²) < 4.78 is 2.29. The Bertz CT molecular complexity index is 893. The molecule has 1 saturated heterocycles. The van der Waals surface area contributed by atoms with Crippen molar-refractivity contribution in [3.05, 3.63) is 84.2 Å². The number of thiocarbonyl (C=S) groups is 1. The van der Waals surface area contributed by atoms with Crippen molar-refractivity contribution in [3.63, 3.8) is 0 Å². The summed E-state index contributed by atoms with van der Waals surface area (Å²) in [5.74, 6) is 0. The van der Waals surface area contributed by atoms with Crippen LogP contribution in [0, 0.1) is 0 Å². The standard InChI is InChI=1S/C21H23N5S/c1-2-12-26-20(19(24-21(26)27)17-8-3-4-11-23-17)18-9-6-13-25(18)15-16-7-5-10-22-14-16/h3-11,13-14,19-20H,2,12,15H2,1H3,(H,24,27)/t19-,20-/m1/s1. The van der Waals surface area contributed by atoms with Gasteiger partial charge in [-0.1, -0.05) is 19.1 Å². The molecule has 0 bridgehead atoms. The molecule has 0 unspecified atom stereocenters. The average Bonchev–Trinajstić information content (AvgIpc) is 3.28. The van der Waals surface area contributed by atoms with Crippen LogP contribution in [0.25, 0.3) is 0 Å². The van der Waals surface area contributed by atoms with Gasteiger partial charge in [-0.3, -0.25) is 9.97 Å². The average molecular weight is 378 g/mol. The lowest BCUT2D eigenvalue weighted by Gasteiger charge is -2.28. The van der Waals surface area contributed by atoms with Crippen LogP contribution < -0.4 is 5.32 Å². The highest BCUT2D eigenvalue weighted by Crippen LogP contribution is 2.38. The van der Waals surface area contributed by atoms with Gasteiger partial charge in [0.05, 0.1) is 17.8 Å². The maximum Gasteiger partial charge on any atom is 0.170 e. The Morgan fingerprint density at radius 3 is 2.78 bits per heavy atom. The van der Waals surface area contributed by atoms with E-state index in [0.29, 0.717) is 0 Å². The highest BCUT2D eigenvalue weighted by molar-refractivity contribution is 7.80. The van der Waals surface area contributed by atoms with Gasteiger partial charge >= 0.3 is 0 Å². The predicted octanol–water partition coefficient (Wildman–Crippen LogP) is 3.71. The number of rotatable bonds is 6. The maximum absolute atomic E-state index is 5.67. The van der Waals surface area contributed by atoms with Crippen LogP contribution in [0.2, 0.25) is 0 Å². The third-order valence-electron chi connectivity index (χ3n) is 4.91. The Kier molecular flexibility index (Phi) is 5.16. The number of nitrogens with one attached hydrogen (secondary N) is 1. The zero-order chi connectivity index (χ0) is 18.6. The minimum absolute atomic E-state index is 0.0350. The van der Waals surface area contributed by atoms with E-state index < -0.39 is 0 Å². The summed E-state index contributed by atoms with van der Waals surface area (Å²) in [6, 6.07) is 14.6. The molecule has 3 aromatic heterocycles. The molecule has 1 fully saturated rings. The molecule has 4 heterocycles. The van der Waals surface area contributed by atoms with Gasteiger partial charge < -0.3 is 14.8 Å². The van der Waals surface area contributed by atoms with Gasteiger partial charge in [0.15, 0.2) is 5.11 Å². The van der Waals surface area contributed by atoms with Crippen LogP contribution in [0.1, 0.15) is 42.4 Å². The molecule has 0 aliphatic carbocycles. The fourth-order valence-electron chi connectivity index (χ4n) is 3.74. The van der Waals surface area contributed by atoms with Crippen molar-refractivity contribution in [2.24, 2.45) is 0 Å². The van der Waals surface area contributed by atoms with E-state index in [0.717, 1.165) is 30.3 Å². The summed E-state index contributed by atoms with van der Waals surface area (Å²) in [6.07, 6.45) is 8.73. The van der Waals surface area contributed by atoms with Gasteiger partial charge in [-0.15, -0.1) is 0 Å². The third-order valence-corrected chi connectivity index (χ3v) is 5.26. The predicted molar refractivity (Wildman–Crippen MR) is 110 cm³/mol. The Morgan fingerprint density at radius 1 is 1.11 bits per heavy atom. The quantitative estimate of drug-likeness (QED) is 0.664. The fraction of sp³-hybridized carbons (Fsp3) is 0.286. The molecule has 1 aliphatic heterocycles. The van der Waals surface area contributed by atoms with Gasteiger partial charge in [0, 0.05) is 43.6 Å². The molecule has 0 aromatic carbocycles. The summed E-state index contributed by atoms with van der Waals surface area (Å²) in [5, 5.41) is 4.30. The number of nitrogens with zero attached hydrogens (tertiary/aromatic N) is 4. The summed E-state index contributed by atoms with van der Waals surface area (Å²) in [6.45, 7) is 3.88.